The molecule has 1 aliphatic carbocycles. The van der Waals surface area contributed by atoms with E-state index in [4.69, 9.17) is 26.1 Å². The van der Waals surface area contributed by atoms with Gasteiger partial charge in [-0.15, -0.1) is 21.5 Å². The first-order valence-electron chi connectivity index (χ1n) is 25.1. The quantitative estimate of drug-likeness (QED) is 0.0750. The maximum Gasteiger partial charge on any atom is 0.270 e. The van der Waals surface area contributed by atoms with Crippen LogP contribution in [-0.4, -0.2) is 149 Å². The Balaban J connectivity index is 0.774. The van der Waals surface area contributed by atoms with Gasteiger partial charge in [0.1, 0.15) is 41.0 Å². The Kier molecular flexibility index (Phi) is 17.7. The molecular formula is C52H65ClFN11O7S. The van der Waals surface area contributed by atoms with Crippen molar-refractivity contribution in [3.63, 3.8) is 0 Å². The van der Waals surface area contributed by atoms with Gasteiger partial charge in [-0.3, -0.25) is 33.5 Å². The molecule has 5 amide bonds. The molecule has 0 spiro atoms. The molecule has 21 heteroatoms. The van der Waals surface area contributed by atoms with Crippen LogP contribution in [0.2, 0.25) is 5.02 Å². The van der Waals surface area contributed by atoms with Gasteiger partial charge in [-0.05, 0) is 95.5 Å². The minimum Gasteiger partial charge on any atom is -0.377 e. The molecule has 5 heterocycles. The summed E-state index contributed by atoms with van der Waals surface area (Å²) < 4.78 is 29.4. The molecule has 2 fully saturated rings. The van der Waals surface area contributed by atoms with Crippen molar-refractivity contribution in [1.29, 1.82) is 0 Å². The van der Waals surface area contributed by atoms with E-state index in [2.05, 4.69) is 45.3 Å². The first-order chi connectivity index (χ1) is 35.2. The third-order valence-electron chi connectivity index (χ3n) is 14.0. The Hall–Kier alpha value is -6.06. The molecule has 5 aromatic rings. The lowest BCUT2D eigenvalue weighted by atomic mass is 9.83. The van der Waals surface area contributed by atoms with Crippen LogP contribution in [0, 0.1) is 32.5 Å². The zero-order chi connectivity index (χ0) is 51.8. The summed E-state index contributed by atoms with van der Waals surface area (Å²) in [4.78, 5) is 77.3. The number of thiophene rings is 1. The maximum absolute atomic E-state index is 14.4. The highest BCUT2D eigenvalue weighted by Crippen LogP contribution is 2.40. The second-order valence-electron chi connectivity index (χ2n) is 18.9. The van der Waals surface area contributed by atoms with Crippen molar-refractivity contribution in [3.05, 3.63) is 98.3 Å². The van der Waals surface area contributed by atoms with Gasteiger partial charge < -0.3 is 45.1 Å². The second-order valence-corrected chi connectivity index (χ2v) is 20.5. The number of likely N-dealkylation sites (N-methyl/N-ethyl adjacent to an activating group) is 1. The van der Waals surface area contributed by atoms with Gasteiger partial charge in [0.25, 0.3) is 5.91 Å². The number of carbonyl (C=O) groups excluding carboxylic acids is 5. The fourth-order valence-corrected chi connectivity index (χ4v) is 11.1. The number of hydrogen-bond donors (Lipinski definition) is 4. The number of aliphatic imine (C=N–C) groups is 1. The third-order valence-corrected chi connectivity index (χ3v) is 15.5. The van der Waals surface area contributed by atoms with Crippen LogP contribution >= 0.6 is 22.9 Å². The van der Waals surface area contributed by atoms with Crippen molar-refractivity contribution in [2.24, 2.45) is 10.9 Å². The van der Waals surface area contributed by atoms with Gasteiger partial charge >= 0.3 is 0 Å². The van der Waals surface area contributed by atoms with Crippen LogP contribution in [0.15, 0.2) is 53.5 Å². The molecule has 1 unspecified atom stereocenters. The summed E-state index contributed by atoms with van der Waals surface area (Å²) >= 11 is 7.89. The Morgan fingerprint density at radius 2 is 1.52 bits per heavy atom. The number of fused-ring (bicyclic) bond motifs is 4. The van der Waals surface area contributed by atoms with Crippen molar-refractivity contribution in [2.45, 2.75) is 90.9 Å². The van der Waals surface area contributed by atoms with Crippen LogP contribution in [0.25, 0.3) is 15.9 Å². The van der Waals surface area contributed by atoms with Crippen LogP contribution in [0.5, 0.6) is 0 Å². The van der Waals surface area contributed by atoms with Crippen LogP contribution in [-0.2, 0) is 35.2 Å². The minimum atomic E-state index is -0.635. The average molecular weight is 1040 g/mol. The van der Waals surface area contributed by atoms with E-state index >= 15 is 0 Å². The molecule has 4 N–H and O–H groups in total. The Bertz CT molecular complexity index is 2830. The summed E-state index contributed by atoms with van der Waals surface area (Å²) in [6.07, 6.45) is 4.92. The number of nitrogens with one attached hydrogen (secondary N) is 4. The molecule has 3 atom stereocenters. The lowest BCUT2D eigenvalue weighted by Crippen LogP contribution is -2.59. The lowest BCUT2D eigenvalue weighted by molar-refractivity contribution is -0.140. The molecule has 73 heavy (non-hydrogen) atoms. The van der Waals surface area contributed by atoms with E-state index in [1.165, 1.54) is 12.1 Å². The zero-order valence-corrected chi connectivity index (χ0v) is 43.7. The Morgan fingerprint density at radius 1 is 0.849 bits per heavy atom. The minimum absolute atomic E-state index is 0.0491. The number of benzene rings is 2. The van der Waals surface area contributed by atoms with Gasteiger partial charge in [0.2, 0.25) is 23.6 Å². The number of hydrogen-bond acceptors (Lipinski definition) is 12. The van der Waals surface area contributed by atoms with Gasteiger partial charge in [-0.1, -0.05) is 43.0 Å². The van der Waals surface area contributed by atoms with Crippen LogP contribution in [0.4, 0.5) is 4.39 Å². The maximum atomic E-state index is 14.4. The summed E-state index contributed by atoms with van der Waals surface area (Å²) in [5, 5.41) is 22.7. The van der Waals surface area contributed by atoms with E-state index in [0.717, 1.165) is 64.4 Å². The molecule has 18 nitrogen and oxygen atoms in total. The van der Waals surface area contributed by atoms with Crippen molar-refractivity contribution in [3.8, 4) is 5.00 Å². The van der Waals surface area contributed by atoms with Gasteiger partial charge in [-0.2, -0.15) is 0 Å². The molecule has 1 saturated heterocycles. The standard InChI is InChI=1S/C52H65ClFN11O7S/c1-31-33(3)73-52-45(31)46(36-11-13-38(53)14-12-36)58-40(48-61-60-34(4)65(48)52)29-43(66)56-17-23-71-25-26-72-24-18-57-44(67)30-64-41-16-15-39(54)27-37(41)28-42(64)50(69)62-19-21-63(22-20-62)51(70)47(35-9-7-6-8-10-35)59-49(68)32(2)55-5/h11-16,27-28,32,35,40,47,55H,6-10,17-26,29-30H2,1-5H3,(H,56,66)(H,57,67)(H,59,68)/t32-,40-,47?/m0/s1. The van der Waals surface area contributed by atoms with E-state index < -0.39 is 23.9 Å². The van der Waals surface area contributed by atoms with E-state index in [-0.39, 0.29) is 120 Å². The Morgan fingerprint density at radius 3 is 2.21 bits per heavy atom. The second kappa shape index (κ2) is 24.3. The molecule has 8 rings (SSSR count). The fraction of sp³-hybridized carbons (Fsp3) is 0.500. The van der Waals surface area contributed by atoms with Gasteiger partial charge in [-0.25, -0.2) is 4.39 Å². The predicted molar refractivity (Wildman–Crippen MR) is 277 cm³/mol. The summed E-state index contributed by atoms with van der Waals surface area (Å²) in [5.74, 6) is -0.383. The monoisotopic (exact) mass is 1040 g/mol. The number of nitrogens with zero attached hydrogens (tertiary/aromatic N) is 7. The number of aromatic nitrogens is 4. The molecule has 2 aliphatic heterocycles. The molecular weight excluding hydrogens is 977 g/mol. The molecule has 3 aromatic heterocycles. The third kappa shape index (κ3) is 12.5. The molecule has 1 saturated carbocycles. The molecule has 2 aromatic carbocycles. The number of piperazine rings is 1. The van der Waals surface area contributed by atoms with Crippen molar-refractivity contribution >= 4 is 69.1 Å². The topological polar surface area (TPSA) is 206 Å². The smallest absolute Gasteiger partial charge is 0.270 e. The number of ether oxygens (including phenoxy) is 2. The van der Waals surface area contributed by atoms with E-state index in [1.54, 1.807) is 51.8 Å². The van der Waals surface area contributed by atoms with Gasteiger partial charge in [0.05, 0.1) is 44.6 Å². The molecule has 3 aliphatic rings. The predicted octanol–water partition coefficient (Wildman–Crippen LogP) is 5.21. The number of aryl methyl sites for hydroxylation is 2. The number of carbonyl (C=O) groups is 5. The average Bonchev–Trinajstić information content (AvgIpc) is 4.02. The summed E-state index contributed by atoms with van der Waals surface area (Å²) in [7, 11) is 1.70. The fourth-order valence-electron chi connectivity index (χ4n) is 9.76. The highest BCUT2D eigenvalue weighted by Gasteiger charge is 2.37. The van der Waals surface area contributed by atoms with E-state index in [9.17, 15) is 28.4 Å². The van der Waals surface area contributed by atoms with Crippen molar-refractivity contribution < 1.29 is 37.8 Å². The van der Waals surface area contributed by atoms with E-state index in [0.29, 0.717) is 27.6 Å². The first-order valence-corrected chi connectivity index (χ1v) is 26.3. The largest absolute Gasteiger partial charge is 0.377 e. The van der Waals surface area contributed by atoms with Crippen LogP contribution in [0.3, 0.4) is 0 Å². The molecule has 0 bridgehead atoms. The van der Waals surface area contributed by atoms with Crippen LogP contribution in [0.1, 0.15) is 95.2 Å². The van der Waals surface area contributed by atoms with Crippen LogP contribution < -0.4 is 21.3 Å². The summed E-state index contributed by atoms with van der Waals surface area (Å²) in [6, 6.07) is 11.6. The normalized spacial score (nSPS) is 16.8. The number of amides is 5. The summed E-state index contributed by atoms with van der Waals surface area (Å²) in [6.45, 7) is 10.1. The van der Waals surface area contributed by atoms with E-state index in [1.807, 2.05) is 35.8 Å². The summed E-state index contributed by atoms with van der Waals surface area (Å²) in [5.41, 5.74) is 4.52. The van der Waals surface area contributed by atoms with Gasteiger partial charge in [0.15, 0.2) is 5.82 Å². The number of rotatable bonds is 20. The first kappa shape index (κ1) is 53.2. The number of halogens is 2. The van der Waals surface area contributed by atoms with Gasteiger partial charge in [0, 0.05) is 71.2 Å². The molecule has 0 radical (unpaired) electrons. The highest BCUT2D eigenvalue weighted by atomic mass is 35.5. The lowest BCUT2D eigenvalue weighted by Gasteiger charge is -2.39. The highest BCUT2D eigenvalue weighted by molar-refractivity contribution is 7.15. The van der Waals surface area contributed by atoms with Crippen molar-refractivity contribution in [2.75, 3.05) is 72.7 Å². The Labute approximate surface area is 433 Å². The molecule has 390 valence electrons. The van der Waals surface area contributed by atoms with Crippen molar-refractivity contribution in [1.82, 2.24) is 50.4 Å². The SMILES string of the molecule is CN[C@@H](C)C(=O)NC(C(=O)N1CCN(C(=O)c2cc3cc(F)ccc3n2CC(=O)NCCOCCOCCNC(=O)C[C@@H]2N=C(c3ccc(Cl)cc3)c3c(sc(C)c3C)-n3c(C)nnc32)CC1)C1CCCCC1. The zero-order valence-electron chi connectivity index (χ0n) is 42.1.